The van der Waals surface area contributed by atoms with Crippen molar-refractivity contribution in [2.24, 2.45) is 0 Å². The van der Waals surface area contributed by atoms with E-state index in [0.29, 0.717) is 18.0 Å². The number of hydrogen-bond donors (Lipinski definition) is 1. The Kier molecular flexibility index (Phi) is 2.79. The zero-order chi connectivity index (χ0) is 12.7. The molecule has 3 rings (SSSR count). The maximum atomic E-state index is 9.94. The van der Waals surface area contributed by atoms with E-state index in [1.54, 1.807) is 0 Å². The highest BCUT2D eigenvalue weighted by Crippen LogP contribution is 2.26. The minimum Gasteiger partial charge on any atom is -0.504 e. The van der Waals surface area contributed by atoms with Crippen molar-refractivity contribution in [3.05, 3.63) is 22.2 Å². The van der Waals surface area contributed by atoms with Gasteiger partial charge < -0.3 is 5.11 Å². The Morgan fingerprint density at radius 1 is 1.33 bits per heavy atom. The molecule has 7 heteroatoms. The molecule has 18 heavy (non-hydrogen) atoms. The van der Waals surface area contributed by atoms with Gasteiger partial charge in [-0.25, -0.2) is 4.98 Å². The molecule has 0 saturated heterocycles. The Labute approximate surface area is 109 Å². The minimum absolute atomic E-state index is 0.327. The third-order valence-electron chi connectivity index (χ3n) is 3.13. The molecular formula is C11H15N5OS. The number of nitrogens with zero attached hydrogens (tertiary/aromatic N) is 5. The molecular weight excluding hydrogens is 250 g/mol. The molecule has 1 N–H and O–H groups in total. The lowest BCUT2D eigenvalue weighted by atomic mass is 10.2. The lowest BCUT2D eigenvalue weighted by Gasteiger charge is -2.26. The van der Waals surface area contributed by atoms with E-state index in [-0.39, 0.29) is 0 Å². The van der Waals surface area contributed by atoms with Crippen molar-refractivity contribution in [3.8, 4) is 5.75 Å². The summed E-state index contributed by atoms with van der Waals surface area (Å²) in [6.07, 6.45) is 0. The molecule has 1 aliphatic heterocycles. The average molecular weight is 265 g/mol. The topological polar surface area (TPSA) is 67.1 Å². The molecule has 2 aromatic heterocycles. The van der Waals surface area contributed by atoms with Gasteiger partial charge in [0, 0.05) is 13.1 Å². The first kappa shape index (κ1) is 11.6. The highest BCUT2D eigenvalue weighted by atomic mass is 32.1. The van der Waals surface area contributed by atoms with Gasteiger partial charge in [-0.15, -0.1) is 0 Å². The summed E-state index contributed by atoms with van der Waals surface area (Å²) in [5, 5.41) is 15.3. The molecule has 6 nitrogen and oxygen atoms in total. The predicted molar refractivity (Wildman–Crippen MR) is 67.4 cm³/mol. The fourth-order valence-corrected chi connectivity index (χ4v) is 2.91. The number of rotatable bonds is 2. The van der Waals surface area contributed by atoms with Crippen molar-refractivity contribution in [2.75, 3.05) is 6.54 Å². The molecule has 0 fully saturated rings. The van der Waals surface area contributed by atoms with E-state index in [9.17, 15) is 5.11 Å². The normalized spacial score (nSPS) is 15.9. The van der Waals surface area contributed by atoms with Crippen LogP contribution in [0.25, 0.3) is 0 Å². The monoisotopic (exact) mass is 265 g/mol. The highest BCUT2D eigenvalue weighted by molar-refractivity contribution is 7.05. The second kappa shape index (κ2) is 4.33. The fraction of sp³-hybridized carbons (Fsp3) is 0.545. The molecule has 0 bridgehead atoms. The minimum atomic E-state index is 0.327. The molecule has 1 aliphatic rings. The molecule has 3 heterocycles. The molecule has 0 amide bonds. The van der Waals surface area contributed by atoms with Crippen molar-refractivity contribution in [3.63, 3.8) is 0 Å². The first-order valence-electron chi connectivity index (χ1n) is 5.90. The maximum Gasteiger partial charge on any atom is 0.161 e. The van der Waals surface area contributed by atoms with Gasteiger partial charge in [-0.05, 0) is 25.4 Å². The third kappa shape index (κ3) is 1.99. The van der Waals surface area contributed by atoms with Crippen LogP contribution in [0, 0.1) is 13.8 Å². The lowest BCUT2D eigenvalue weighted by Crippen LogP contribution is -2.33. The van der Waals surface area contributed by atoms with Crippen molar-refractivity contribution >= 4 is 11.5 Å². The number of hydrogen-bond acceptors (Lipinski definition) is 6. The maximum absolute atomic E-state index is 9.94. The van der Waals surface area contributed by atoms with Crippen LogP contribution in [-0.2, 0) is 19.6 Å². The highest BCUT2D eigenvalue weighted by Gasteiger charge is 2.23. The van der Waals surface area contributed by atoms with Crippen LogP contribution >= 0.6 is 11.5 Å². The van der Waals surface area contributed by atoms with E-state index in [1.165, 1.54) is 11.5 Å². The molecule has 2 aromatic rings. The first-order chi connectivity index (χ1) is 8.63. The Hall–Kier alpha value is -1.47. The average Bonchev–Trinajstić information content (AvgIpc) is 2.86. The van der Waals surface area contributed by atoms with E-state index >= 15 is 0 Å². The standard InChI is InChI=1S/C11H15N5OS/c1-7-11(17)9-5-15(3-4-16(9)13-7)6-10-12-8(2)14-18-10/h17H,3-6H2,1-2H3. The van der Waals surface area contributed by atoms with Crippen LogP contribution in [0.1, 0.15) is 22.2 Å². The smallest absolute Gasteiger partial charge is 0.161 e. The number of aromatic hydroxyl groups is 1. The molecule has 0 spiro atoms. The molecule has 0 aromatic carbocycles. The van der Waals surface area contributed by atoms with Crippen LogP contribution in [-0.4, -0.2) is 35.7 Å². The first-order valence-corrected chi connectivity index (χ1v) is 6.67. The Balaban J connectivity index is 1.76. The summed E-state index contributed by atoms with van der Waals surface area (Å²) in [7, 11) is 0. The molecule has 96 valence electrons. The van der Waals surface area contributed by atoms with E-state index < -0.39 is 0 Å². The van der Waals surface area contributed by atoms with Crippen LogP contribution in [0.4, 0.5) is 0 Å². The van der Waals surface area contributed by atoms with Gasteiger partial charge in [-0.2, -0.15) is 9.47 Å². The number of fused-ring (bicyclic) bond motifs is 1. The van der Waals surface area contributed by atoms with Gasteiger partial charge in [0.1, 0.15) is 16.5 Å². The summed E-state index contributed by atoms with van der Waals surface area (Å²) in [5.74, 6) is 1.16. The van der Waals surface area contributed by atoms with Crippen molar-refractivity contribution in [1.82, 2.24) is 24.0 Å². The van der Waals surface area contributed by atoms with Crippen molar-refractivity contribution < 1.29 is 5.11 Å². The Morgan fingerprint density at radius 2 is 2.17 bits per heavy atom. The zero-order valence-corrected chi connectivity index (χ0v) is 11.2. The van der Waals surface area contributed by atoms with Crippen LogP contribution < -0.4 is 0 Å². The second-order valence-corrected chi connectivity index (χ2v) is 5.39. The summed E-state index contributed by atoms with van der Waals surface area (Å²) in [6.45, 7) is 6.97. The number of aromatic nitrogens is 4. The lowest BCUT2D eigenvalue weighted by molar-refractivity contribution is 0.201. The van der Waals surface area contributed by atoms with Gasteiger partial charge in [-0.1, -0.05) is 0 Å². The largest absolute Gasteiger partial charge is 0.504 e. The van der Waals surface area contributed by atoms with Crippen LogP contribution in [0.2, 0.25) is 0 Å². The van der Waals surface area contributed by atoms with Gasteiger partial charge in [0.15, 0.2) is 5.75 Å². The molecule has 0 atom stereocenters. The van der Waals surface area contributed by atoms with Crippen molar-refractivity contribution in [1.29, 1.82) is 0 Å². The van der Waals surface area contributed by atoms with Crippen LogP contribution in [0.5, 0.6) is 5.75 Å². The van der Waals surface area contributed by atoms with Gasteiger partial charge in [-0.3, -0.25) is 9.58 Å². The van der Waals surface area contributed by atoms with Crippen LogP contribution in [0.3, 0.4) is 0 Å². The summed E-state index contributed by atoms with van der Waals surface area (Å²) in [6, 6.07) is 0. The van der Waals surface area contributed by atoms with E-state index in [4.69, 9.17) is 0 Å². The summed E-state index contributed by atoms with van der Waals surface area (Å²) >= 11 is 1.45. The molecule has 0 saturated carbocycles. The van der Waals surface area contributed by atoms with E-state index in [2.05, 4.69) is 19.4 Å². The summed E-state index contributed by atoms with van der Waals surface area (Å²) in [5.41, 5.74) is 1.61. The van der Waals surface area contributed by atoms with Crippen molar-refractivity contribution in [2.45, 2.75) is 33.5 Å². The zero-order valence-electron chi connectivity index (χ0n) is 10.4. The summed E-state index contributed by atoms with van der Waals surface area (Å²) in [4.78, 5) is 6.63. The summed E-state index contributed by atoms with van der Waals surface area (Å²) < 4.78 is 6.08. The SMILES string of the molecule is Cc1nsc(CN2CCn3nc(C)c(O)c3C2)n1. The van der Waals surface area contributed by atoms with Gasteiger partial charge in [0.25, 0.3) is 0 Å². The van der Waals surface area contributed by atoms with Gasteiger partial charge in [0.05, 0.1) is 18.8 Å². The molecule has 0 unspecified atom stereocenters. The second-order valence-electron chi connectivity index (χ2n) is 4.55. The molecule has 0 radical (unpaired) electrons. The van der Waals surface area contributed by atoms with E-state index in [1.807, 2.05) is 18.5 Å². The van der Waals surface area contributed by atoms with E-state index in [0.717, 1.165) is 36.2 Å². The quantitative estimate of drug-likeness (QED) is 0.880. The van der Waals surface area contributed by atoms with Gasteiger partial charge in [0.2, 0.25) is 0 Å². The number of aryl methyl sites for hydroxylation is 2. The third-order valence-corrected chi connectivity index (χ3v) is 3.91. The predicted octanol–water partition coefficient (Wildman–Crippen LogP) is 1.07. The Morgan fingerprint density at radius 3 is 2.89 bits per heavy atom. The Bertz CT molecular complexity index is 576. The molecule has 0 aliphatic carbocycles. The van der Waals surface area contributed by atoms with Crippen LogP contribution in [0.15, 0.2) is 0 Å². The fourth-order valence-electron chi connectivity index (χ4n) is 2.22. The van der Waals surface area contributed by atoms with Gasteiger partial charge >= 0.3 is 0 Å².